The molecule has 6 heteroatoms. The molecule has 2 saturated heterocycles. The molecule has 1 N–H and O–H groups in total. The highest BCUT2D eigenvalue weighted by atomic mass is 16.5. The molecule has 2 heterocycles. The van der Waals surface area contributed by atoms with E-state index in [9.17, 15) is 9.59 Å². The Hall–Kier alpha value is -2.24. The predicted octanol–water partition coefficient (Wildman–Crippen LogP) is 1.56. The average molecular weight is 331 g/mol. The Morgan fingerprint density at radius 3 is 2.92 bits per heavy atom. The second-order valence-electron chi connectivity index (χ2n) is 6.55. The molecule has 1 atom stereocenters. The number of likely N-dealkylation sites (tertiary alicyclic amines) is 1. The third-order valence-electron chi connectivity index (χ3n) is 4.86. The summed E-state index contributed by atoms with van der Waals surface area (Å²) in [5.41, 5.74) is 2.03. The molecule has 0 bridgehead atoms. The van der Waals surface area contributed by atoms with Crippen LogP contribution >= 0.6 is 0 Å². The van der Waals surface area contributed by atoms with Crippen LogP contribution in [-0.4, -0.2) is 61.1 Å². The smallest absolute Gasteiger partial charge is 0.317 e. The number of rotatable bonds is 4. The molecule has 1 unspecified atom stereocenters. The average Bonchev–Trinajstić information content (AvgIpc) is 3.01. The predicted molar refractivity (Wildman–Crippen MR) is 91.1 cm³/mol. The lowest BCUT2D eigenvalue weighted by molar-refractivity contribution is -0.132. The highest BCUT2D eigenvalue weighted by Crippen LogP contribution is 2.23. The van der Waals surface area contributed by atoms with Crippen molar-refractivity contribution in [2.75, 3.05) is 33.3 Å². The van der Waals surface area contributed by atoms with Crippen LogP contribution in [-0.2, 0) is 11.2 Å². The number of urea groups is 1. The molecule has 130 valence electrons. The summed E-state index contributed by atoms with van der Waals surface area (Å²) in [7, 11) is 1.63. The fourth-order valence-corrected chi connectivity index (χ4v) is 3.59. The van der Waals surface area contributed by atoms with Crippen molar-refractivity contribution >= 4 is 11.9 Å². The SMILES string of the molecule is COc1ccc(C)cc1CC(=O)N1CCCC(N2CCNC2=O)C1. The number of nitrogens with zero attached hydrogens (tertiary/aromatic N) is 2. The van der Waals surface area contributed by atoms with Crippen molar-refractivity contribution in [3.05, 3.63) is 29.3 Å². The molecule has 2 aliphatic heterocycles. The Kier molecular flexibility index (Phi) is 4.92. The maximum absolute atomic E-state index is 12.7. The number of hydrogen-bond donors (Lipinski definition) is 1. The summed E-state index contributed by atoms with van der Waals surface area (Å²) in [6.45, 7) is 4.83. The third-order valence-corrected chi connectivity index (χ3v) is 4.86. The standard InChI is InChI=1S/C18H25N3O3/c1-13-5-6-16(24-2)14(10-13)11-17(22)20-8-3-4-15(12-20)21-9-7-19-18(21)23/h5-6,10,15H,3-4,7-9,11-12H2,1-2H3,(H,19,23). The number of carbonyl (C=O) groups is 2. The summed E-state index contributed by atoms with van der Waals surface area (Å²) in [5, 5.41) is 2.84. The second kappa shape index (κ2) is 7.11. The normalized spacial score (nSPS) is 20.9. The van der Waals surface area contributed by atoms with E-state index in [1.54, 1.807) is 7.11 Å². The summed E-state index contributed by atoms with van der Waals surface area (Å²) >= 11 is 0. The number of methoxy groups -OCH3 is 1. The van der Waals surface area contributed by atoms with E-state index in [0.29, 0.717) is 19.5 Å². The van der Waals surface area contributed by atoms with Gasteiger partial charge in [0.1, 0.15) is 5.75 Å². The minimum atomic E-state index is -0.00495. The number of aryl methyl sites for hydroxylation is 1. The van der Waals surface area contributed by atoms with Crippen LogP contribution in [0, 0.1) is 6.92 Å². The molecule has 0 spiro atoms. The Morgan fingerprint density at radius 2 is 2.21 bits per heavy atom. The summed E-state index contributed by atoms with van der Waals surface area (Å²) in [6, 6.07) is 6.02. The molecule has 3 rings (SSSR count). The van der Waals surface area contributed by atoms with E-state index >= 15 is 0 Å². The molecule has 0 aromatic heterocycles. The van der Waals surface area contributed by atoms with Crippen molar-refractivity contribution in [2.24, 2.45) is 0 Å². The first-order valence-corrected chi connectivity index (χ1v) is 8.54. The molecule has 2 fully saturated rings. The van der Waals surface area contributed by atoms with Crippen molar-refractivity contribution in [1.82, 2.24) is 15.1 Å². The van der Waals surface area contributed by atoms with Gasteiger partial charge in [0.25, 0.3) is 0 Å². The lowest BCUT2D eigenvalue weighted by atomic mass is 10.0. The van der Waals surface area contributed by atoms with E-state index in [-0.39, 0.29) is 18.0 Å². The van der Waals surface area contributed by atoms with E-state index in [4.69, 9.17) is 4.74 Å². The quantitative estimate of drug-likeness (QED) is 0.911. The van der Waals surface area contributed by atoms with Gasteiger partial charge in [-0.1, -0.05) is 17.7 Å². The molecule has 0 radical (unpaired) electrons. The van der Waals surface area contributed by atoms with Crippen LogP contribution in [0.15, 0.2) is 18.2 Å². The van der Waals surface area contributed by atoms with Crippen LogP contribution in [0.1, 0.15) is 24.0 Å². The van der Waals surface area contributed by atoms with Gasteiger partial charge in [-0.25, -0.2) is 4.79 Å². The van der Waals surface area contributed by atoms with Crippen LogP contribution in [0.2, 0.25) is 0 Å². The number of amides is 3. The van der Waals surface area contributed by atoms with Gasteiger partial charge in [0, 0.05) is 31.7 Å². The first-order valence-electron chi connectivity index (χ1n) is 8.54. The molecular weight excluding hydrogens is 306 g/mol. The maximum atomic E-state index is 12.7. The van der Waals surface area contributed by atoms with Crippen LogP contribution in [0.4, 0.5) is 4.79 Å². The number of piperidine rings is 1. The summed E-state index contributed by atoms with van der Waals surface area (Å²) in [5.74, 6) is 0.852. The van der Waals surface area contributed by atoms with Crippen molar-refractivity contribution in [2.45, 2.75) is 32.2 Å². The molecule has 6 nitrogen and oxygen atoms in total. The number of nitrogens with one attached hydrogen (secondary N) is 1. The first-order chi connectivity index (χ1) is 11.6. The first kappa shape index (κ1) is 16.6. The molecule has 24 heavy (non-hydrogen) atoms. The van der Waals surface area contributed by atoms with E-state index < -0.39 is 0 Å². The van der Waals surface area contributed by atoms with E-state index in [1.165, 1.54) is 0 Å². The van der Waals surface area contributed by atoms with Gasteiger partial charge in [-0.2, -0.15) is 0 Å². The fraction of sp³-hybridized carbons (Fsp3) is 0.556. The van der Waals surface area contributed by atoms with Crippen molar-refractivity contribution in [3.8, 4) is 5.75 Å². The van der Waals surface area contributed by atoms with Crippen LogP contribution in [0.5, 0.6) is 5.75 Å². The highest BCUT2D eigenvalue weighted by molar-refractivity contribution is 5.80. The van der Waals surface area contributed by atoms with Gasteiger partial charge in [0.2, 0.25) is 5.91 Å². The summed E-state index contributed by atoms with van der Waals surface area (Å²) in [6.07, 6.45) is 2.24. The largest absolute Gasteiger partial charge is 0.496 e. The van der Waals surface area contributed by atoms with Crippen molar-refractivity contribution < 1.29 is 14.3 Å². The Labute approximate surface area is 142 Å². The van der Waals surface area contributed by atoms with Crippen molar-refractivity contribution in [1.29, 1.82) is 0 Å². The van der Waals surface area contributed by atoms with E-state index in [2.05, 4.69) is 5.32 Å². The number of hydrogen-bond acceptors (Lipinski definition) is 3. The Morgan fingerprint density at radius 1 is 1.38 bits per heavy atom. The number of carbonyl (C=O) groups excluding carboxylic acids is 2. The molecule has 1 aromatic carbocycles. The second-order valence-corrected chi connectivity index (χ2v) is 6.55. The van der Waals surface area contributed by atoms with Crippen LogP contribution in [0.3, 0.4) is 0 Å². The van der Waals surface area contributed by atoms with E-state index in [0.717, 1.165) is 42.8 Å². The monoisotopic (exact) mass is 331 g/mol. The molecule has 2 aliphatic rings. The summed E-state index contributed by atoms with van der Waals surface area (Å²) in [4.78, 5) is 28.4. The van der Waals surface area contributed by atoms with Gasteiger partial charge in [0.15, 0.2) is 0 Å². The molecule has 3 amide bonds. The Bertz CT molecular complexity index is 632. The number of ether oxygens (including phenoxy) is 1. The lowest BCUT2D eigenvalue weighted by Crippen LogP contribution is -2.51. The molecule has 1 aromatic rings. The zero-order valence-electron chi connectivity index (χ0n) is 14.4. The van der Waals surface area contributed by atoms with Crippen LogP contribution < -0.4 is 10.1 Å². The lowest BCUT2D eigenvalue weighted by Gasteiger charge is -2.37. The van der Waals surface area contributed by atoms with Crippen molar-refractivity contribution in [3.63, 3.8) is 0 Å². The Balaban J connectivity index is 1.66. The fourth-order valence-electron chi connectivity index (χ4n) is 3.59. The van der Waals surface area contributed by atoms with Gasteiger partial charge in [-0.15, -0.1) is 0 Å². The van der Waals surface area contributed by atoms with Gasteiger partial charge < -0.3 is 19.9 Å². The van der Waals surface area contributed by atoms with Gasteiger partial charge in [-0.3, -0.25) is 4.79 Å². The van der Waals surface area contributed by atoms with Gasteiger partial charge >= 0.3 is 6.03 Å². The van der Waals surface area contributed by atoms with Crippen LogP contribution in [0.25, 0.3) is 0 Å². The zero-order valence-corrected chi connectivity index (χ0v) is 14.4. The molecule has 0 saturated carbocycles. The third kappa shape index (κ3) is 3.47. The molecule has 0 aliphatic carbocycles. The summed E-state index contributed by atoms with van der Waals surface area (Å²) < 4.78 is 5.37. The minimum Gasteiger partial charge on any atom is -0.496 e. The van der Waals surface area contributed by atoms with Gasteiger partial charge in [-0.05, 0) is 25.8 Å². The topological polar surface area (TPSA) is 61.9 Å². The number of benzene rings is 1. The highest BCUT2D eigenvalue weighted by Gasteiger charge is 2.32. The van der Waals surface area contributed by atoms with E-state index in [1.807, 2.05) is 34.9 Å². The zero-order chi connectivity index (χ0) is 17.1. The maximum Gasteiger partial charge on any atom is 0.317 e. The minimum absolute atomic E-state index is 0.00495. The molecular formula is C18H25N3O3. The van der Waals surface area contributed by atoms with Gasteiger partial charge in [0.05, 0.1) is 19.6 Å².